The summed E-state index contributed by atoms with van der Waals surface area (Å²) in [6.07, 6.45) is 0.831. The molecule has 2 aromatic rings. The third-order valence-electron chi connectivity index (χ3n) is 5.65. The van der Waals surface area contributed by atoms with Gasteiger partial charge < -0.3 is 9.80 Å². The van der Waals surface area contributed by atoms with E-state index in [1.165, 1.54) is 23.1 Å². The Morgan fingerprint density at radius 1 is 1.07 bits per heavy atom. The molecule has 3 aliphatic heterocycles. The number of fused-ring (bicyclic) bond motifs is 3. The molecule has 4 heterocycles. The maximum Gasteiger partial charge on any atom is 0.264 e. The molecule has 2 saturated heterocycles. The number of benzene rings is 1. The average Bonchev–Trinajstić information content (AvgIpc) is 3.44. The average molecular weight is 448 g/mol. The highest BCUT2D eigenvalue weighted by Crippen LogP contribution is 2.57. The van der Waals surface area contributed by atoms with Crippen LogP contribution in [0.1, 0.15) is 22.5 Å². The quantitative estimate of drug-likeness (QED) is 0.708. The fourth-order valence-corrected chi connectivity index (χ4v) is 6.55. The van der Waals surface area contributed by atoms with E-state index < -0.39 is 4.87 Å². The Hall–Kier alpha value is -2.03. The first-order valence-electron chi connectivity index (χ1n) is 9.43. The summed E-state index contributed by atoms with van der Waals surface area (Å²) in [5.74, 6) is -0.0810. The van der Waals surface area contributed by atoms with Crippen LogP contribution in [0.15, 0.2) is 40.6 Å². The zero-order valence-corrected chi connectivity index (χ0v) is 17.9. The van der Waals surface area contributed by atoms with Crippen molar-refractivity contribution >= 4 is 58.1 Å². The van der Waals surface area contributed by atoms with E-state index in [9.17, 15) is 14.4 Å². The fourth-order valence-electron chi connectivity index (χ4n) is 4.22. The molecule has 0 radical (unpaired) electrons. The third kappa shape index (κ3) is 2.96. The van der Waals surface area contributed by atoms with Crippen LogP contribution < -0.4 is 4.90 Å². The van der Waals surface area contributed by atoms with Crippen molar-refractivity contribution in [3.8, 4) is 0 Å². The van der Waals surface area contributed by atoms with Gasteiger partial charge in [0.05, 0.1) is 10.6 Å². The second kappa shape index (κ2) is 7.04. The molecule has 2 fully saturated rings. The Morgan fingerprint density at radius 2 is 1.83 bits per heavy atom. The lowest BCUT2D eigenvalue weighted by molar-refractivity contribution is -0.135. The van der Waals surface area contributed by atoms with Gasteiger partial charge in [-0.1, -0.05) is 29.4 Å². The molecule has 3 amide bonds. The third-order valence-corrected chi connectivity index (χ3v) is 8.21. The van der Waals surface area contributed by atoms with Crippen molar-refractivity contribution < 1.29 is 14.4 Å². The van der Waals surface area contributed by atoms with Crippen LogP contribution in [0.25, 0.3) is 0 Å². The lowest BCUT2D eigenvalue weighted by Gasteiger charge is -2.40. The predicted octanol–water partition coefficient (Wildman–Crippen LogP) is 3.31. The predicted molar refractivity (Wildman–Crippen MR) is 114 cm³/mol. The summed E-state index contributed by atoms with van der Waals surface area (Å²) in [7, 11) is 0. The molecular formula is C20H18ClN3O3S2. The molecule has 1 atom stereocenters. The molecule has 29 heavy (non-hydrogen) atoms. The number of rotatable bonds is 2. The topological polar surface area (TPSA) is 60.9 Å². The first kappa shape index (κ1) is 19.0. The zero-order valence-electron chi connectivity index (χ0n) is 15.5. The largest absolute Gasteiger partial charge is 0.336 e. The van der Waals surface area contributed by atoms with E-state index in [-0.39, 0.29) is 17.7 Å². The summed E-state index contributed by atoms with van der Waals surface area (Å²) in [5.41, 5.74) is 0.727. The van der Waals surface area contributed by atoms with E-state index >= 15 is 0 Å². The molecule has 0 unspecified atom stereocenters. The molecule has 9 heteroatoms. The van der Waals surface area contributed by atoms with Gasteiger partial charge in [0.1, 0.15) is 0 Å². The maximum atomic E-state index is 13.6. The summed E-state index contributed by atoms with van der Waals surface area (Å²) in [5, 5.41) is 2.44. The number of thiophene rings is 1. The number of halogens is 1. The molecule has 0 bridgehead atoms. The summed E-state index contributed by atoms with van der Waals surface area (Å²) >= 11 is 9.02. The number of hydrogen-bond acceptors (Lipinski definition) is 5. The van der Waals surface area contributed by atoms with Crippen molar-refractivity contribution in [1.29, 1.82) is 0 Å². The Balaban J connectivity index is 1.35. The van der Waals surface area contributed by atoms with E-state index in [2.05, 4.69) is 0 Å². The van der Waals surface area contributed by atoms with Crippen LogP contribution in [0, 0.1) is 0 Å². The number of hydrogen-bond donors (Lipinski definition) is 0. The fraction of sp³-hybridized carbons (Fsp3) is 0.350. The van der Waals surface area contributed by atoms with Gasteiger partial charge >= 0.3 is 0 Å². The minimum atomic E-state index is -0.927. The van der Waals surface area contributed by atoms with Gasteiger partial charge in [-0.05, 0) is 36.1 Å². The van der Waals surface area contributed by atoms with Crippen LogP contribution >= 0.6 is 34.7 Å². The van der Waals surface area contributed by atoms with Crippen molar-refractivity contribution in [1.82, 2.24) is 9.80 Å². The molecule has 0 saturated carbocycles. The van der Waals surface area contributed by atoms with Crippen molar-refractivity contribution in [2.75, 3.05) is 31.1 Å². The summed E-state index contributed by atoms with van der Waals surface area (Å²) in [6.45, 7) is 1.93. The monoisotopic (exact) mass is 447 g/mol. The normalized spacial score (nSPS) is 23.3. The highest BCUT2D eigenvalue weighted by atomic mass is 35.5. The van der Waals surface area contributed by atoms with Gasteiger partial charge in [0.15, 0.2) is 4.87 Å². The van der Waals surface area contributed by atoms with Crippen LogP contribution in [0.2, 0.25) is 5.02 Å². The summed E-state index contributed by atoms with van der Waals surface area (Å²) in [4.78, 5) is 44.7. The van der Waals surface area contributed by atoms with E-state index in [0.717, 1.165) is 15.5 Å². The maximum absolute atomic E-state index is 13.6. The lowest BCUT2D eigenvalue weighted by atomic mass is 10.1. The lowest BCUT2D eigenvalue weighted by Crippen LogP contribution is -2.58. The highest BCUT2D eigenvalue weighted by molar-refractivity contribution is 8.02. The number of nitrogens with zero attached hydrogens (tertiary/aromatic N) is 3. The van der Waals surface area contributed by atoms with Gasteiger partial charge in [0, 0.05) is 42.5 Å². The van der Waals surface area contributed by atoms with Gasteiger partial charge in [0.2, 0.25) is 5.91 Å². The second-order valence-electron chi connectivity index (χ2n) is 7.29. The Bertz CT molecular complexity index is 1000. The zero-order chi connectivity index (χ0) is 20.2. The highest BCUT2D eigenvalue weighted by Gasteiger charge is 2.58. The standard InChI is InChI=1S/C20H18ClN3O3S2/c21-13-3-4-15-14(12-13)24-17(25)5-6-20(24,29-15)19(27)23-9-7-22(8-10-23)18(26)16-2-1-11-28-16/h1-4,11-12H,5-10H2/t20-/m1/s1. The minimum Gasteiger partial charge on any atom is -0.336 e. The van der Waals surface area contributed by atoms with Gasteiger partial charge in [0.25, 0.3) is 11.8 Å². The van der Waals surface area contributed by atoms with Crippen molar-refractivity contribution in [2.24, 2.45) is 0 Å². The number of piperazine rings is 1. The Morgan fingerprint density at radius 3 is 2.55 bits per heavy atom. The molecule has 3 aliphatic rings. The van der Waals surface area contributed by atoms with Gasteiger partial charge in [-0.2, -0.15) is 0 Å². The Labute approximate surface area is 181 Å². The molecule has 1 aromatic carbocycles. The van der Waals surface area contributed by atoms with Crippen molar-refractivity contribution in [3.05, 3.63) is 45.6 Å². The van der Waals surface area contributed by atoms with Gasteiger partial charge in [-0.25, -0.2) is 0 Å². The molecule has 150 valence electrons. The van der Waals surface area contributed by atoms with Crippen molar-refractivity contribution in [2.45, 2.75) is 22.6 Å². The molecule has 1 aromatic heterocycles. The first-order valence-corrected chi connectivity index (χ1v) is 11.5. The number of carbonyl (C=O) groups is 3. The molecule has 6 nitrogen and oxygen atoms in total. The smallest absolute Gasteiger partial charge is 0.264 e. The summed E-state index contributed by atoms with van der Waals surface area (Å²) < 4.78 is 0. The van der Waals surface area contributed by atoms with Crippen LogP contribution in [0.4, 0.5) is 5.69 Å². The van der Waals surface area contributed by atoms with Crippen LogP contribution in [-0.4, -0.2) is 58.6 Å². The number of thioether (sulfide) groups is 1. The van der Waals surface area contributed by atoms with Crippen LogP contribution in [-0.2, 0) is 9.59 Å². The minimum absolute atomic E-state index is 0.0141. The van der Waals surface area contributed by atoms with E-state index in [1.54, 1.807) is 26.8 Å². The van der Waals surface area contributed by atoms with Crippen LogP contribution in [0.5, 0.6) is 0 Å². The molecule has 0 aliphatic carbocycles. The molecular weight excluding hydrogens is 430 g/mol. The molecule has 0 spiro atoms. The van der Waals surface area contributed by atoms with Gasteiger partial charge in [-0.3, -0.25) is 19.3 Å². The molecule has 5 rings (SSSR count). The number of carbonyl (C=O) groups excluding carboxylic acids is 3. The van der Waals surface area contributed by atoms with E-state index in [1.807, 2.05) is 23.6 Å². The van der Waals surface area contributed by atoms with E-state index in [0.29, 0.717) is 44.0 Å². The number of amides is 3. The second-order valence-corrected chi connectivity index (χ2v) is 9.99. The number of anilines is 1. The van der Waals surface area contributed by atoms with E-state index in [4.69, 9.17) is 11.6 Å². The SMILES string of the molecule is O=C(c1cccs1)N1CCN(C(=O)[C@]23CCC(=O)N2c2cc(Cl)ccc2S3)CC1. The van der Waals surface area contributed by atoms with Gasteiger partial charge in [-0.15, -0.1) is 11.3 Å². The summed E-state index contributed by atoms with van der Waals surface area (Å²) in [6, 6.07) is 9.11. The first-order chi connectivity index (χ1) is 14.0. The molecule has 0 N–H and O–H groups in total. The Kier molecular flexibility index (Phi) is 4.60. The van der Waals surface area contributed by atoms with Crippen molar-refractivity contribution in [3.63, 3.8) is 0 Å². The van der Waals surface area contributed by atoms with Crippen LogP contribution in [0.3, 0.4) is 0 Å².